The maximum absolute atomic E-state index is 13.1. The summed E-state index contributed by atoms with van der Waals surface area (Å²) in [5.74, 6) is 1.31. The summed E-state index contributed by atoms with van der Waals surface area (Å²) >= 11 is 1.56. The predicted octanol–water partition coefficient (Wildman–Crippen LogP) is 4.82. The number of aryl methyl sites for hydroxylation is 2. The Morgan fingerprint density at radius 1 is 1.12 bits per heavy atom. The molecule has 2 aromatic heterocycles. The van der Waals surface area contributed by atoms with Crippen molar-refractivity contribution < 1.29 is 4.79 Å². The molecule has 0 saturated carbocycles. The van der Waals surface area contributed by atoms with Gasteiger partial charge in [0.2, 0.25) is 0 Å². The molecule has 5 heteroatoms. The lowest BCUT2D eigenvalue weighted by Gasteiger charge is -2.34. The van der Waals surface area contributed by atoms with Crippen LogP contribution >= 0.6 is 11.3 Å². The highest BCUT2D eigenvalue weighted by atomic mass is 32.1. The van der Waals surface area contributed by atoms with Crippen molar-refractivity contribution in [3.05, 3.63) is 46.5 Å². The van der Waals surface area contributed by atoms with Crippen molar-refractivity contribution in [1.82, 2.24) is 14.7 Å². The summed E-state index contributed by atoms with van der Waals surface area (Å²) in [6.45, 7) is 10.3. The van der Waals surface area contributed by atoms with Gasteiger partial charge >= 0.3 is 0 Å². The third kappa shape index (κ3) is 3.05. The molecule has 0 spiro atoms. The minimum atomic E-state index is 0.166. The van der Waals surface area contributed by atoms with E-state index in [9.17, 15) is 4.79 Å². The molecule has 1 amide bonds. The Bertz CT molecular complexity index is 944. The van der Waals surface area contributed by atoms with Gasteiger partial charge in [-0.15, -0.1) is 11.3 Å². The molecule has 26 heavy (non-hydrogen) atoms. The van der Waals surface area contributed by atoms with Gasteiger partial charge in [-0.25, -0.2) is 4.68 Å². The van der Waals surface area contributed by atoms with Gasteiger partial charge in [-0.3, -0.25) is 4.79 Å². The van der Waals surface area contributed by atoms with E-state index in [0.29, 0.717) is 11.8 Å². The summed E-state index contributed by atoms with van der Waals surface area (Å²) in [5, 5.41) is 5.77. The number of hydrogen-bond donors (Lipinski definition) is 0. The third-order valence-electron chi connectivity index (χ3n) is 5.19. The lowest BCUT2D eigenvalue weighted by Crippen LogP contribution is -2.42. The van der Waals surface area contributed by atoms with Crippen LogP contribution in [0.1, 0.15) is 41.2 Å². The van der Waals surface area contributed by atoms with E-state index < -0.39 is 0 Å². The van der Waals surface area contributed by atoms with E-state index in [4.69, 9.17) is 0 Å². The van der Waals surface area contributed by atoms with E-state index in [-0.39, 0.29) is 5.91 Å². The van der Waals surface area contributed by atoms with Crippen molar-refractivity contribution in [3.63, 3.8) is 0 Å². The van der Waals surface area contributed by atoms with E-state index >= 15 is 0 Å². The molecule has 0 unspecified atom stereocenters. The van der Waals surface area contributed by atoms with Crippen LogP contribution < -0.4 is 0 Å². The zero-order valence-corrected chi connectivity index (χ0v) is 16.6. The molecule has 2 atom stereocenters. The average molecular weight is 368 g/mol. The van der Waals surface area contributed by atoms with Crippen LogP contribution in [0.25, 0.3) is 15.9 Å². The fourth-order valence-electron chi connectivity index (χ4n) is 4.00. The first-order chi connectivity index (χ1) is 12.4. The Morgan fingerprint density at radius 2 is 1.77 bits per heavy atom. The van der Waals surface area contributed by atoms with E-state index in [1.54, 1.807) is 11.3 Å². The zero-order chi connectivity index (χ0) is 18.4. The minimum absolute atomic E-state index is 0.166. The molecule has 136 valence electrons. The topological polar surface area (TPSA) is 38.1 Å². The summed E-state index contributed by atoms with van der Waals surface area (Å²) in [7, 11) is 0. The van der Waals surface area contributed by atoms with Crippen LogP contribution in [0.4, 0.5) is 0 Å². The molecule has 3 aromatic rings. The van der Waals surface area contributed by atoms with E-state index in [1.807, 2.05) is 22.6 Å². The van der Waals surface area contributed by atoms with Gasteiger partial charge in [0.1, 0.15) is 4.83 Å². The number of hydrogen-bond acceptors (Lipinski definition) is 3. The minimum Gasteiger partial charge on any atom is -0.337 e. The fraction of sp³-hybridized carbons (Fsp3) is 0.429. The van der Waals surface area contributed by atoms with Gasteiger partial charge in [-0.2, -0.15) is 5.10 Å². The lowest BCUT2D eigenvalue weighted by atomic mass is 9.92. The SMILES string of the molecule is Cc1ccc(-n2nc(C)c3cc(C(=O)N4C[C@H](C)C[C@@H](C)C4)sc32)cc1. The van der Waals surface area contributed by atoms with Crippen LogP contribution in [0.5, 0.6) is 0 Å². The van der Waals surface area contributed by atoms with Crippen LogP contribution in [0.15, 0.2) is 30.3 Å². The monoisotopic (exact) mass is 367 g/mol. The Morgan fingerprint density at radius 3 is 2.42 bits per heavy atom. The van der Waals surface area contributed by atoms with Crippen LogP contribution in [-0.4, -0.2) is 33.7 Å². The molecule has 0 N–H and O–H groups in total. The quantitative estimate of drug-likeness (QED) is 0.651. The van der Waals surface area contributed by atoms with Crippen molar-refractivity contribution in [3.8, 4) is 5.69 Å². The molecule has 4 nitrogen and oxygen atoms in total. The van der Waals surface area contributed by atoms with Crippen molar-refractivity contribution in [2.75, 3.05) is 13.1 Å². The molecular weight excluding hydrogens is 342 g/mol. The van der Waals surface area contributed by atoms with Crippen molar-refractivity contribution in [2.24, 2.45) is 11.8 Å². The van der Waals surface area contributed by atoms with E-state index in [0.717, 1.165) is 39.6 Å². The van der Waals surface area contributed by atoms with E-state index in [1.165, 1.54) is 12.0 Å². The molecule has 1 fully saturated rings. The number of aromatic nitrogens is 2. The number of thiophene rings is 1. The predicted molar refractivity (Wildman–Crippen MR) is 107 cm³/mol. The summed E-state index contributed by atoms with van der Waals surface area (Å²) in [4.78, 5) is 17.0. The van der Waals surface area contributed by atoms with Crippen LogP contribution in [-0.2, 0) is 0 Å². The highest BCUT2D eigenvalue weighted by Crippen LogP contribution is 2.32. The van der Waals surface area contributed by atoms with Crippen molar-refractivity contribution in [1.29, 1.82) is 0 Å². The number of amides is 1. The molecule has 3 heterocycles. The molecule has 1 aromatic carbocycles. The van der Waals surface area contributed by atoms with Gasteiger partial charge in [-0.1, -0.05) is 31.5 Å². The molecular formula is C21H25N3OS. The van der Waals surface area contributed by atoms with Gasteiger partial charge in [0.05, 0.1) is 16.3 Å². The lowest BCUT2D eigenvalue weighted by molar-refractivity contribution is 0.0628. The van der Waals surface area contributed by atoms with Crippen LogP contribution in [0.3, 0.4) is 0 Å². The normalized spacial score (nSPS) is 20.7. The summed E-state index contributed by atoms with van der Waals surface area (Å²) in [6.07, 6.45) is 1.21. The maximum Gasteiger partial charge on any atom is 0.264 e. The van der Waals surface area contributed by atoms with Gasteiger partial charge in [0, 0.05) is 18.5 Å². The number of fused-ring (bicyclic) bond motifs is 1. The standard InChI is InChI=1S/C21H25N3OS/c1-13-5-7-17(8-6-13)24-21-18(16(4)22-24)10-19(26-21)20(25)23-11-14(2)9-15(3)12-23/h5-8,10,14-15H,9,11-12H2,1-4H3/t14-,15-/m1/s1. The second-order valence-electron chi connectivity index (χ2n) is 7.82. The van der Waals surface area contributed by atoms with E-state index in [2.05, 4.69) is 50.1 Å². The molecule has 1 aliphatic heterocycles. The third-order valence-corrected chi connectivity index (χ3v) is 6.29. The van der Waals surface area contributed by atoms with Gasteiger partial charge in [0.15, 0.2) is 0 Å². The molecule has 4 rings (SSSR count). The number of likely N-dealkylation sites (tertiary alicyclic amines) is 1. The number of rotatable bonds is 2. The molecule has 0 aliphatic carbocycles. The number of piperidine rings is 1. The number of carbonyl (C=O) groups is 1. The molecule has 0 bridgehead atoms. The van der Waals surface area contributed by atoms with Gasteiger partial charge in [-0.05, 0) is 50.3 Å². The van der Waals surface area contributed by atoms with Crippen molar-refractivity contribution in [2.45, 2.75) is 34.1 Å². The van der Waals surface area contributed by atoms with Gasteiger partial charge < -0.3 is 4.90 Å². The highest BCUT2D eigenvalue weighted by molar-refractivity contribution is 7.20. The summed E-state index contributed by atoms with van der Waals surface area (Å²) < 4.78 is 1.97. The molecule has 1 saturated heterocycles. The second-order valence-corrected chi connectivity index (χ2v) is 8.85. The molecule has 0 radical (unpaired) electrons. The highest BCUT2D eigenvalue weighted by Gasteiger charge is 2.28. The summed E-state index contributed by atoms with van der Waals surface area (Å²) in [6, 6.07) is 10.4. The van der Waals surface area contributed by atoms with Crippen molar-refractivity contribution >= 4 is 27.5 Å². The Hall–Kier alpha value is -2.14. The number of benzene rings is 1. The Labute approximate surface area is 158 Å². The smallest absolute Gasteiger partial charge is 0.264 e. The summed E-state index contributed by atoms with van der Waals surface area (Å²) in [5.41, 5.74) is 3.23. The largest absolute Gasteiger partial charge is 0.337 e. The Balaban J connectivity index is 1.70. The Kier molecular flexibility index (Phi) is 4.35. The number of nitrogens with zero attached hydrogens (tertiary/aromatic N) is 3. The fourth-order valence-corrected chi connectivity index (χ4v) is 5.15. The first kappa shape index (κ1) is 17.3. The second kappa shape index (κ2) is 6.54. The number of carbonyl (C=O) groups excluding carboxylic acids is 1. The first-order valence-corrected chi connectivity index (χ1v) is 10.1. The first-order valence-electron chi connectivity index (χ1n) is 9.28. The molecule has 1 aliphatic rings. The van der Waals surface area contributed by atoms with Crippen LogP contribution in [0.2, 0.25) is 0 Å². The maximum atomic E-state index is 13.1. The van der Waals surface area contributed by atoms with Gasteiger partial charge in [0.25, 0.3) is 5.91 Å². The zero-order valence-electron chi connectivity index (χ0n) is 15.8. The average Bonchev–Trinajstić information content (AvgIpc) is 3.15. The van der Waals surface area contributed by atoms with Crippen LogP contribution in [0, 0.1) is 25.7 Å².